The van der Waals surface area contributed by atoms with Crippen molar-refractivity contribution < 1.29 is 8.42 Å². The fourth-order valence-electron chi connectivity index (χ4n) is 9.82. The van der Waals surface area contributed by atoms with Crippen LogP contribution in [0.2, 0.25) is 0 Å². The molecule has 0 saturated carbocycles. The number of para-hydroxylation sites is 4. The van der Waals surface area contributed by atoms with Gasteiger partial charge in [-0.25, -0.2) is 8.42 Å². The molecule has 61 heavy (non-hydrogen) atoms. The van der Waals surface area contributed by atoms with E-state index in [0.29, 0.717) is 0 Å². The van der Waals surface area contributed by atoms with Crippen LogP contribution in [-0.4, -0.2) is 23.2 Å². The largest absolute Gasteiger partial charge is 0.312 e. The van der Waals surface area contributed by atoms with Crippen molar-refractivity contribution in [1.82, 2.24) is 0 Å². The molecule has 0 radical (unpaired) electrons. The van der Waals surface area contributed by atoms with E-state index in [9.17, 15) is 8.42 Å². The van der Waals surface area contributed by atoms with E-state index in [1.54, 1.807) is 24.3 Å². The van der Waals surface area contributed by atoms with Gasteiger partial charge < -0.3 is 9.80 Å². The second-order valence-corrected chi connectivity index (χ2v) is 21.3. The van der Waals surface area contributed by atoms with Crippen LogP contribution in [0.5, 0.6) is 0 Å². The van der Waals surface area contributed by atoms with E-state index in [1.807, 2.05) is 24.3 Å². The smallest absolute Gasteiger partial charge is 0.246 e. The number of fused-ring (bicyclic) bond motifs is 4. The summed E-state index contributed by atoms with van der Waals surface area (Å²) in [5.74, 6) is 0. The van der Waals surface area contributed by atoms with Gasteiger partial charge in [0, 0.05) is 34.1 Å². The Morgan fingerprint density at radius 3 is 1.13 bits per heavy atom. The quantitative estimate of drug-likeness (QED) is 0.153. The highest BCUT2D eigenvalue weighted by atomic mass is 32.2. The molecule has 4 nitrogen and oxygen atoms in total. The van der Waals surface area contributed by atoms with Gasteiger partial charge in [0.1, 0.15) is 0 Å². The average molecular weight is 819 g/mol. The maximum atomic E-state index is 14.4. The van der Waals surface area contributed by atoms with Gasteiger partial charge in [-0.3, -0.25) is 0 Å². The first-order valence-electron chi connectivity index (χ1n) is 20.6. The topological polar surface area (TPSA) is 40.6 Å². The Labute approximate surface area is 358 Å². The van der Waals surface area contributed by atoms with Crippen LogP contribution in [0.15, 0.2) is 246 Å². The van der Waals surface area contributed by atoms with Gasteiger partial charge >= 0.3 is 0 Å². The van der Waals surface area contributed by atoms with Crippen LogP contribution in [0, 0.1) is 0 Å². The Hall–Kier alpha value is -7.19. The van der Waals surface area contributed by atoms with Crippen LogP contribution >= 0.6 is 0 Å². The summed E-state index contributed by atoms with van der Waals surface area (Å²) < 4.78 is 28.8. The van der Waals surface area contributed by atoms with E-state index in [0.717, 1.165) is 34.1 Å². The molecule has 7 heteroatoms. The Kier molecular flexibility index (Phi) is 8.95. The standard InChI is InChI=1S/C54H39BN2O2SSi/c58-60(59,43-36-32-41(33-37-43)56-49-26-12-10-24-47(49)55(40-18-4-1-5-19-40)48-25-11-13-27-50(48)56)44-38-34-42(35-39-44)57-51-28-14-16-30-53(51)61(45-20-6-2-7-21-45,46-22-8-3-9-23-46)54-31-17-15-29-52(54)57/h1-39H. The van der Waals surface area contributed by atoms with E-state index >= 15 is 0 Å². The molecule has 0 saturated heterocycles. The summed E-state index contributed by atoms with van der Waals surface area (Å²) in [5.41, 5.74) is 9.79. The van der Waals surface area contributed by atoms with Crippen LogP contribution in [0.1, 0.15) is 0 Å². The lowest BCUT2D eigenvalue weighted by Crippen LogP contribution is -2.77. The molecular formula is C54H39BN2O2SSi. The lowest BCUT2D eigenvalue weighted by atomic mass is 9.35. The molecule has 290 valence electrons. The summed E-state index contributed by atoms with van der Waals surface area (Å²) in [7, 11) is -6.59. The number of hydrogen-bond acceptors (Lipinski definition) is 4. The number of hydrogen-bond donors (Lipinski definition) is 0. The molecule has 0 aromatic heterocycles. The van der Waals surface area contributed by atoms with Gasteiger partial charge in [-0.05, 0) is 104 Å². The Balaban J connectivity index is 0.957. The third-order valence-corrected chi connectivity index (χ3v) is 19.1. The molecule has 0 amide bonds. The van der Waals surface area contributed by atoms with Gasteiger partial charge in [0.25, 0.3) is 0 Å². The highest BCUT2D eigenvalue weighted by molar-refractivity contribution is 7.91. The van der Waals surface area contributed by atoms with Crippen molar-refractivity contribution in [3.63, 3.8) is 0 Å². The molecule has 0 aliphatic carbocycles. The molecule has 0 spiro atoms. The lowest BCUT2D eigenvalue weighted by molar-refractivity contribution is 0.596. The van der Waals surface area contributed by atoms with Gasteiger partial charge in [0.2, 0.25) is 16.6 Å². The molecule has 0 fully saturated rings. The maximum absolute atomic E-state index is 14.4. The number of nitrogens with zero attached hydrogens (tertiary/aromatic N) is 2. The van der Waals surface area contributed by atoms with Gasteiger partial charge in [0.15, 0.2) is 8.07 Å². The zero-order valence-corrected chi connectivity index (χ0v) is 35.0. The van der Waals surface area contributed by atoms with Crippen LogP contribution in [0.3, 0.4) is 0 Å². The molecular weight excluding hydrogens is 780 g/mol. The summed E-state index contributed by atoms with van der Waals surface area (Å²) in [6.45, 7) is 0.0803. The molecule has 9 aromatic carbocycles. The highest BCUT2D eigenvalue weighted by Gasteiger charge is 2.48. The lowest BCUT2D eigenvalue weighted by Gasteiger charge is -2.45. The Bertz CT molecular complexity index is 3030. The fourth-order valence-corrected chi connectivity index (χ4v) is 16.2. The summed E-state index contributed by atoms with van der Waals surface area (Å²) in [6, 6.07) is 81.6. The molecule has 0 bridgehead atoms. The van der Waals surface area contributed by atoms with Crippen LogP contribution in [-0.2, 0) is 9.84 Å². The number of benzene rings is 9. The van der Waals surface area contributed by atoms with Crippen molar-refractivity contribution in [2.45, 2.75) is 9.79 Å². The number of sulfone groups is 1. The molecule has 9 aromatic rings. The highest BCUT2D eigenvalue weighted by Crippen LogP contribution is 2.40. The third-order valence-electron chi connectivity index (χ3n) is 12.4. The van der Waals surface area contributed by atoms with Gasteiger partial charge in [-0.15, -0.1) is 0 Å². The predicted octanol–water partition coefficient (Wildman–Crippen LogP) is 7.98. The SMILES string of the molecule is O=S(=O)(c1ccc(N2c3ccccc3B(c3ccccc3)c3ccccc32)cc1)c1ccc(N2c3ccccc3[Si](c3ccccc3)(c3ccccc3)c3ccccc32)cc1. The van der Waals surface area contributed by atoms with Gasteiger partial charge in [-0.2, -0.15) is 0 Å². The van der Waals surface area contributed by atoms with E-state index < -0.39 is 17.9 Å². The van der Waals surface area contributed by atoms with E-state index in [4.69, 9.17) is 0 Å². The fraction of sp³-hybridized carbons (Fsp3) is 0. The summed E-state index contributed by atoms with van der Waals surface area (Å²) >= 11 is 0. The molecule has 2 heterocycles. The van der Waals surface area contributed by atoms with E-state index in [-0.39, 0.29) is 16.5 Å². The molecule has 2 aliphatic heterocycles. The molecule has 0 atom stereocenters. The van der Waals surface area contributed by atoms with Crippen molar-refractivity contribution in [1.29, 1.82) is 0 Å². The minimum Gasteiger partial charge on any atom is -0.312 e. The minimum atomic E-state index is -3.84. The van der Waals surface area contributed by atoms with Crippen LogP contribution in [0.25, 0.3) is 0 Å². The summed E-state index contributed by atoms with van der Waals surface area (Å²) in [5, 5.41) is 5.21. The van der Waals surface area contributed by atoms with Crippen molar-refractivity contribution >= 4 is 95.9 Å². The van der Waals surface area contributed by atoms with E-state index in [1.165, 1.54) is 37.1 Å². The first kappa shape index (κ1) is 36.9. The monoisotopic (exact) mass is 818 g/mol. The first-order valence-corrected chi connectivity index (χ1v) is 24.1. The third kappa shape index (κ3) is 5.84. The van der Waals surface area contributed by atoms with E-state index in [2.05, 4.69) is 198 Å². The maximum Gasteiger partial charge on any atom is 0.246 e. The van der Waals surface area contributed by atoms with Crippen molar-refractivity contribution in [2.24, 2.45) is 0 Å². The number of anilines is 6. The molecule has 2 aliphatic rings. The summed E-state index contributed by atoms with van der Waals surface area (Å²) in [4.78, 5) is 5.04. The Morgan fingerprint density at radius 1 is 0.344 bits per heavy atom. The minimum absolute atomic E-state index is 0.0803. The summed E-state index contributed by atoms with van der Waals surface area (Å²) in [6.07, 6.45) is 0. The Morgan fingerprint density at radius 2 is 0.689 bits per heavy atom. The van der Waals surface area contributed by atoms with Crippen LogP contribution < -0.4 is 46.9 Å². The van der Waals surface area contributed by atoms with Crippen LogP contribution in [0.4, 0.5) is 34.1 Å². The zero-order chi connectivity index (χ0) is 41.0. The zero-order valence-electron chi connectivity index (χ0n) is 33.2. The second kappa shape index (κ2) is 14.8. The average Bonchev–Trinajstić information content (AvgIpc) is 3.33. The van der Waals surface area contributed by atoms with Gasteiger partial charge in [-0.1, -0.05) is 169 Å². The molecule has 11 rings (SSSR count). The predicted molar refractivity (Wildman–Crippen MR) is 256 cm³/mol. The van der Waals surface area contributed by atoms with Crippen molar-refractivity contribution in [2.75, 3.05) is 9.80 Å². The molecule has 0 N–H and O–H groups in total. The molecule has 0 unspecified atom stereocenters. The normalized spacial score (nSPS) is 13.7. The van der Waals surface area contributed by atoms with Crippen molar-refractivity contribution in [3.8, 4) is 0 Å². The second-order valence-electron chi connectivity index (χ2n) is 15.6. The first-order chi connectivity index (χ1) is 30.0. The van der Waals surface area contributed by atoms with Gasteiger partial charge in [0.05, 0.1) is 9.79 Å². The van der Waals surface area contributed by atoms with Crippen molar-refractivity contribution in [3.05, 3.63) is 237 Å². The number of rotatable bonds is 7.